The summed E-state index contributed by atoms with van der Waals surface area (Å²) in [5.74, 6) is -1.24. The van der Waals surface area contributed by atoms with Gasteiger partial charge in [-0.05, 0) is 46.5 Å². The molecular formula is C19H32O7. The summed E-state index contributed by atoms with van der Waals surface area (Å²) in [5.41, 5.74) is -0.235. The summed E-state index contributed by atoms with van der Waals surface area (Å²) in [4.78, 5) is 34.5. The van der Waals surface area contributed by atoms with E-state index in [1.165, 1.54) is 6.92 Å². The molecule has 0 aromatic rings. The lowest BCUT2D eigenvalue weighted by Crippen LogP contribution is -2.26. The van der Waals surface area contributed by atoms with Crippen LogP contribution in [0.2, 0.25) is 0 Å². The summed E-state index contributed by atoms with van der Waals surface area (Å²) >= 11 is 0. The van der Waals surface area contributed by atoms with Gasteiger partial charge in [0, 0.05) is 12.0 Å². The van der Waals surface area contributed by atoms with Gasteiger partial charge in [0.2, 0.25) is 0 Å². The van der Waals surface area contributed by atoms with Gasteiger partial charge in [0.1, 0.15) is 19.3 Å². The van der Waals surface area contributed by atoms with Gasteiger partial charge in [-0.3, -0.25) is 9.59 Å². The number of hydrogen-bond donors (Lipinski definition) is 1. The van der Waals surface area contributed by atoms with Gasteiger partial charge < -0.3 is 19.3 Å². The minimum absolute atomic E-state index is 0.208. The second-order valence-electron chi connectivity index (χ2n) is 6.90. The van der Waals surface area contributed by atoms with E-state index in [1.807, 2.05) is 20.8 Å². The molecule has 0 saturated carbocycles. The van der Waals surface area contributed by atoms with Crippen molar-refractivity contribution in [3.63, 3.8) is 0 Å². The van der Waals surface area contributed by atoms with Crippen molar-refractivity contribution in [2.45, 2.75) is 65.9 Å². The van der Waals surface area contributed by atoms with E-state index >= 15 is 0 Å². The number of carbonyl (C=O) groups is 3. The zero-order valence-electron chi connectivity index (χ0n) is 16.3. The maximum absolute atomic E-state index is 11.8. The highest BCUT2D eigenvalue weighted by Crippen LogP contribution is 2.21. The molecule has 0 bridgehead atoms. The highest BCUT2D eigenvalue weighted by atomic mass is 16.6. The van der Waals surface area contributed by atoms with Gasteiger partial charge >= 0.3 is 17.9 Å². The van der Waals surface area contributed by atoms with Crippen LogP contribution in [-0.4, -0.2) is 48.9 Å². The predicted molar refractivity (Wildman–Crippen MR) is 96.2 cm³/mol. The molecule has 0 amide bonds. The first-order chi connectivity index (χ1) is 12.1. The zero-order valence-corrected chi connectivity index (χ0v) is 16.3. The molecule has 150 valence electrons. The lowest BCUT2D eigenvalue weighted by Gasteiger charge is -2.20. The Morgan fingerprint density at radius 1 is 1.04 bits per heavy atom. The molecule has 0 aliphatic carbocycles. The number of ether oxygens (including phenoxy) is 3. The van der Waals surface area contributed by atoms with Crippen molar-refractivity contribution < 1.29 is 33.7 Å². The van der Waals surface area contributed by atoms with E-state index in [0.29, 0.717) is 19.4 Å². The molecule has 0 spiro atoms. The highest BCUT2D eigenvalue weighted by molar-refractivity contribution is 5.86. The first-order valence-corrected chi connectivity index (χ1v) is 8.93. The minimum atomic E-state index is -1.07. The van der Waals surface area contributed by atoms with Crippen molar-refractivity contribution in [1.29, 1.82) is 0 Å². The Balaban J connectivity index is 3.70. The average molecular weight is 372 g/mol. The van der Waals surface area contributed by atoms with E-state index in [-0.39, 0.29) is 31.2 Å². The Morgan fingerprint density at radius 2 is 1.65 bits per heavy atom. The number of carbonyl (C=O) groups excluding carboxylic acids is 3. The van der Waals surface area contributed by atoms with Crippen LogP contribution in [0.25, 0.3) is 0 Å². The van der Waals surface area contributed by atoms with Gasteiger partial charge in [-0.25, -0.2) is 4.79 Å². The van der Waals surface area contributed by atoms with Crippen LogP contribution in [-0.2, 0) is 28.6 Å². The largest absolute Gasteiger partial charge is 0.465 e. The lowest BCUT2D eigenvalue weighted by molar-refractivity contribution is -0.154. The van der Waals surface area contributed by atoms with Crippen molar-refractivity contribution in [1.82, 2.24) is 0 Å². The van der Waals surface area contributed by atoms with E-state index in [0.717, 1.165) is 12.8 Å². The maximum Gasteiger partial charge on any atom is 0.333 e. The normalized spacial score (nSPS) is 12.2. The number of rotatable bonds is 13. The molecule has 7 nitrogen and oxygen atoms in total. The molecule has 1 atom stereocenters. The van der Waals surface area contributed by atoms with Crippen LogP contribution in [0.3, 0.4) is 0 Å². The summed E-state index contributed by atoms with van der Waals surface area (Å²) in [5, 5.41) is 9.58. The van der Waals surface area contributed by atoms with E-state index in [4.69, 9.17) is 14.2 Å². The minimum Gasteiger partial charge on any atom is -0.465 e. The van der Waals surface area contributed by atoms with Crippen LogP contribution in [0.15, 0.2) is 12.2 Å². The van der Waals surface area contributed by atoms with Crippen LogP contribution in [0, 0.1) is 5.41 Å². The molecule has 1 unspecified atom stereocenters. The molecule has 0 saturated heterocycles. The SMILES string of the molecule is C=C(C)C(=O)OCC(O)COC(=O)CCCCCOC(=O)C(C)(C)CC. The summed E-state index contributed by atoms with van der Waals surface area (Å²) < 4.78 is 14.9. The molecule has 1 N–H and O–H groups in total. The predicted octanol–water partition coefficient (Wildman–Crippen LogP) is 2.55. The third-order valence-corrected chi connectivity index (χ3v) is 3.89. The Hall–Kier alpha value is -1.89. The van der Waals surface area contributed by atoms with Gasteiger partial charge in [0.15, 0.2) is 0 Å². The van der Waals surface area contributed by atoms with Crippen molar-refractivity contribution in [2.24, 2.45) is 5.41 Å². The van der Waals surface area contributed by atoms with Crippen molar-refractivity contribution >= 4 is 17.9 Å². The lowest BCUT2D eigenvalue weighted by atomic mass is 9.91. The molecule has 0 radical (unpaired) electrons. The first kappa shape index (κ1) is 24.1. The number of aliphatic hydroxyl groups excluding tert-OH is 1. The molecule has 26 heavy (non-hydrogen) atoms. The monoisotopic (exact) mass is 372 g/mol. The molecule has 0 aliphatic heterocycles. The topological polar surface area (TPSA) is 99.1 Å². The average Bonchev–Trinajstić information content (AvgIpc) is 2.60. The van der Waals surface area contributed by atoms with Crippen LogP contribution in [0.4, 0.5) is 0 Å². The fraction of sp³-hybridized carbons (Fsp3) is 0.737. The van der Waals surface area contributed by atoms with E-state index in [2.05, 4.69) is 6.58 Å². The summed E-state index contributed by atoms with van der Waals surface area (Å²) in [6.07, 6.45) is 1.88. The highest BCUT2D eigenvalue weighted by Gasteiger charge is 2.26. The summed E-state index contributed by atoms with van der Waals surface area (Å²) in [7, 11) is 0. The van der Waals surface area contributed by atoms with E-state index in [9.17, 15) is 19.5 Å². The quantitative estimate of drug-likeness (QED) is 0.229. The van der Waals surface area contributed by atoms with Gasteiger partial charge in [0.05, 0.1) is 12.0 Å². The zero-order chi connectivity index (χ0) is 20.2. The van der Waals surface area contributed by atoms with Crippen molar-refractivity contribution in [3.8, 4) is 0 Å². The molecule has 0 aliphatic rings. The van der Waals surface area contributed by atoms with Gasteiger partial charge in [0.25, 0.3) is 0 Å². The Bertz CT molecular complexity index is 482. The Kier molecular flexibility index (Phi) is 11.6. The third kappa shape index (κ3) is 10.9. The van der Waals surface area contributed by atoms with Gasteiger partial charge in [-0.15, -0.1) is 0 Å². The Morgan fingerprint density at radius 3 is 2.23 bits per heavy atom. The van der Waals surface area contributed by atoms with Crippen molar-refractivity contribution in [3.05, 3.63) is 12.2 Å². The van der Waals surface area contributed by atoms with Crippen molar-refractivity contribution in [2.75, 3.05) is 19.8 Å². The second kappa shape index (κ2) is 12.5. The maximum atomic E-state index is 11.8. The van der Waals surface area contributed by atoms with Gasteiger partial charge in [-0.1, -0.05) is 13.5 Å². The van der Waals surface area contributed by atoms with E-state index in [1.54, 1.807) is 0 Å². The molecule has 0 aromatic heterocycles. The Labute approximate surface area is 155 Å². The summed E-state index contributed by atoms with van der Waals surface area (Å²) in [6.45, 7) is 10.4. The fourth-order valence-electron chi connectivity index (χ4n) is 1.66. The van der Waals surface area contributed by atoms with Gasteiger partial charge in [-0.2, -0.15) is 0 Å². The van der Waals surface area contributed by atoms with Crippen LogP contribution in [0.1, 0.15) is 59.8 Å². The van der Waals surface area contributed by atoms with Crippen LogP contribution in [0.5, 0.6) is 0 Å². The number of esters is 3. The molecule has 0 rings (SSSR count). The van der Waals surface area contributed by atoms with E-state index < -0.39 is 23.5 Å². The molecule has 0 aromatic carbocycles. The number of unbranched alkanes of at least 4 members (excludes halogenated alkanes) is 2. The number of hydrogen-bond acceptors (Lipinski definition) is 7. The summed E-state index contributed by atoms with van der Waals surface area (Å²) in [6, 6.07) is 0. The van der Waals surface area contributed by atoms with Crippen LogP contribution >= 0.6 is 0 Å². The standard InChI is InChI=1S/C19H32O7/c1-6-19(4,5)18(23)24-11-9-7-8-10-16(21)25-12-15(20)13-26-17(22)14(2)3/h15,20H,2,6-13H2,1,3-5H3. The molecular weight excluding hydrogens is 340 g/mol. The fourth-order valence-corrected chi connectivity index (χ4v) is 1.66. The third-order valence-electron chi connectivity index (χ3n) is 3.89. The molecule has 0 fully saturated rings. The number of aliphatic hydroxyl groups is 1. The molecule has 7 heteroatoms. The second-order valence-corrected chi connectivity index (χ2v) is 6.90. The smallest absolute Gasteiger partial charge is 0.333 e. The first-order valence-electron chi connectivity index (χ1n) is 8.93. The molecule has 0 heterocycles. The van der Waals surface area contributed by atoms with Crippen LogP contribution < -0.4 is 0 Å².